The van der Waals surface area contributed by atoms with Crippen LogP contribution in [0.3, 0.4) is 0 Å². The lowest BCUT2D eigenvalue weighted by atomic mass is 10.3. The summed E-state index contributed by atoms with van der Waals surface area (Å²) in [5.41, 5.74) is 0. The number of nitrogens with zero attached hydrogens (tertiary/aromatic N) is 4. The smallest absolute Gasteiger partial charge is 0.147 e. The van der Waals surface area contributed by atoms with Crippen molar-refractivity contribution >= 4 is 11.3 Å². The molecule has 20 heavy (non-hydrogen) atoms. The fourth-order valence-corrected chi connectivity index (χ4v) is 3.49. The lowest BCUT2D eigenvalue weighted by Crippen LogP contribution is -2.32. The van der Waals surface area contributed by atoms with Crippen LogP contribution in [0.25, 0.3) is 0 Å². The molecule has 108 valence electrons. The Hall–Kier alpha value is -1.24. The molecule has 0 bridgehead atoms. The highest BCUT2D eigenvalue weighted by molar-refractivity contribution is 7.11. The Bertz CT molecular complexity index is 547. The van der Waals surface area contributed by atoms with E-state index in [2.05, 4.69) is 44.0 Å². The minimum atomic E-state index is 0.904. The summed E-state index contributed by atoms with van der Waals surface area (Å²) >= 11 is 1.91. The Kier molecular flexibility index (Phi) is 4.44. The van der Waals surface area contributed by atoms with Crippen molar-refractivity contribution in [1.82, 2.24) is 25.0 Å². The van der Waals surface area contributed by atoms with E-state index in [9.17, 15) is 0 Å². The van der Waals surface area contributed by atoms with Crippen LogP contribution in [0.2, 0.25) is 0 Å². The van der Waals surface area contributed by atoms with Gasteiger partial charge in [-0.25, -0.2) is 0 Å². The Morgan fingerprint density at radius 3 is 3.10 bits per heavy atom. The molecule has 2 aromatic heterocycles. The van der Waals surface area contributed by atoms with Gasteiger partial charge in [-0.1, -0.05) is 6.92 Å². The Morgan fingerprint density at radius 2 is 2.20 bits per heavy atom. The molecule has 0 atom stereocenters. The standard InChI is InChI=1S/C14H21N5S/c1-2-5-15-8-12-3-4-13(20-12)9-18-6-7-19-11-16-17-14(19)10-18/h3-4,11,15H,2,5-10H2,1H3. The average molecular weight is 291 g/mol. The fraction of sp³-hybridized carbons (Fsp3) is 0.571. The lowest BCUT2D eigenvalue weighted by Gasteiger charge is -2.26. The molecule has 3 rings (SSSR count). The molecule has 6 heteroatoms. The minimum absolute atomic E-state index is 0.904. The van der Waals surface area contributed by atoms with Crippen LogP contribution in [0.5, 0.6) is 0 Å². The molecular weight excluding hydrogens is 270 g/mol. The van der Waals surface area contributed by atoms with Gasteiger partial charge in [0.15, 0.2) is 0 Å². The molecule has 0 unspecified atom stereocenters. The number of nitrogens with one attached hydrogen (secondary N) is 1. The second-order valence-electron chi connectivity index (χ2n) is 5.20. The zero-order valence-corrected chi connectivity index (χ0v) is 12.7. The topological polar surface area (TPSA) is 46.0 Å². The summed E-state index contributed by atoms with van der Waals surface area (Å²) in [5.74, 6) is 1.08. The van der Waals surface area contributed by atoms with Gasteiger partial charge in [0.25, 0.3) is 0 Å². The van der Waals surface area contributed by atoms with Gasteiger partial charge in [0.1, 0.15) is 12.2 Å². The van der Waals surface area contributed by atoms with Crippen molar-refractivity contribution in [3.05, 3.63) is 34.0 Å². The van der Waals surface area contributed by atoms with E-state index >= 15 is 0 Å². The van der Waals surface area contributed by atoms with Gasteiger partial charge in [0, 0.05) is 35.9 Å². The summed E-state index contributed by atoms with van der Waals surface area (Å²) in [7, 11) is 0. The zero-order valence-electron chi connectivity index (χ0n) is 11.9. The maximum atomic E-state index is 4.17. The number of thiophene rings is 1. The molecule has 1 N–H and O–H groups in total. The molecule has 0 aliphatic carbocycles. The Balaban J connectivity index is 1.54. The number of rotatable bonds is 6. The van der Waals surface area contributed by atoms with Gasteiger partial charge in [0.2, 0.25) is 0 Å². The average Bonchev–Trinajstić information content (AvgIpc) is 3.08. The van der Waals surface area contributed by atoms with Crippen molar-refractivity contribution in [2.45, 2.75) is 39.5 Å². The molecule has 0 saturated carbocycles. The first-order chi connectivity index (χ1) is 9.85. The van der Waals surface area contributed by atoms with Crippen molar-refractivity contribution in [3.63, 3.8) is 0 Å². The molecule has 3 heterocycles. The maximum Gasteiger partial charge on any atom is 0.147 e. The van der Waals surface area contributed by atoms with Gasteiger partial charge >= 0.3 is 0 Å². The van der Waals surface area contributed by atoms with Crippen molar-refractivity contribution < 1.29 is 0 Å². The van der Waals surface area contributed by atoms with E-state index in [0.29, 0.717) is 0 Å². The molecule has 0 saturated heterocycles. The molecule has 1 aliphatic heterocycles. The van der Waals surface area contributed by atoms with E-state index in [0.717, 1.165) is 45.1 Å². The minimum Gasteiger partial charge on any atom is -0.315 e. The van der Waals surface area contributed by atoms with Gasteiger partial charge < -0.3 is 9.88 Å². The van der Waals surface area contributed by atoms with Crippen LogP contribution in [0, 0.1) is 0 Å². The van der Waals surface area contributed by atoms with E-state index in [4.69, 9.17) is 0 Å². The maximum absolute atomic E-state index is 4.17. The third-order valence-electron chi connectivity index (χ3n) is 3.54. The van der Waals surface area contributed by atoms with Crippen LogP contribution in [-0.4, -0.2) is 32.8 Å². The monoisotopic (exact) mass is 291 g/mol. The van der Waals surface area contributed by atoms with Crippen LogP contribution < -0.4 is 5.32 Å². The lowest BCUT2D eigenvalue weighted by molar-refractivity contribution is 0.210. The quantitative estimate of drug-likeness (QED) is 0.825. The van der Waals surface area contributed by atoms with Gasteiger partial charge in [-0.3, -0.25) is 4.90 Å². The van der Waals surface area contributed by atoms with Crippen LogP contribution in [-0.2, 0) is 26.2 Å². The largest absolute Gasteiger partial charge is 0.315 e. The Morgan fingerprint density at radius 1 is 1.30 bits per heavy atom. The van der Waals surface area contributed by atoms with Crippen LogP contribution >= 0.6 is 11.3 Å². The summed E-state index contributed by atoms with van der Waals surface area (Å²) in [6, 6.07) is 4.50. The van der Waals surface area contributed by atoms with E-state index < -0.39 is 0 Å². The molecule has 0 fully saturated rings. The molecule has 2 aromatic rings. The van der Waals surface area contributed by atoms with Gasteiger partial charge in [-0.15, -0.1) is 21.5 Å². The molecule has 5 nitrogen and oxygen atoms in total. The van der Waals surface area contributed by atoms with Crippen LogP contribution in [0.15, 0.2) is 18.5 Å². The predicted octanol–water partition coefficient (Wildman–Crippen LogP) is 1.86. The Labute approximate surface area is 123 Å². The van der Waals surface area contributed by atoms with Crippen LogP contribution in [0.1, 0.15) is 28.9 Å². The van der Waals surface area contributed by atoms with E-state index in [1.807, 2.05) is 17.7 Å². The molecule has 0 amide bonds. The number of aromatic nitrogens is 3. The van der Waals surface area contributed by atoms with Gasteiger partial charge in [-0.05, 0) is 25.1 Å². The molecular formula is C14H21N5S. The number of hydrogen-bond donors (Lipinski definition) is 1. The fourth-order valence-electron chi connectivity index (χ4n) is 2.46. The summed E-state index contributed by atoms with van der Waals surface area (Å²) in [4.78, 5) is 5.30. The zero-order chi connectivity index (χ0) is 13.8. The van der Waals surface area contributed by atoms with Gasteiger partial charge in [0.05, 0.1) is 6.54 Å². The third kappa shape index (κ3) is 3.26. The van der Waals surface area contributed by atoms with E-state index in [1.165, 1.54) is 16.2 Å². The highest BCUT2D eigenvalue weighted by atomic mass is 32.1. The highest BCUT2D eigenvalue weighted by Crippen LogP contribution is 2.20. The number of hydrogen-bond acceptors (Lipinski definition) is 5. The van der Waals surface area contributed by atoms with Crippen molar-refractivity contribution in [2.75, 3.05) is 13.1 Å². The van der Waals surface area contributed by atoms with Crippen molar-refractivity contribution in [2.24, 2.45) is 0 Å². The first-order valence-corrected chi connectivity index (χ1v) is 8.04. The highest BCUT2D eigenvalue weighted by Gasteiger charge is 2.17. The first-order valence-electron chi connectivity index (χ1n) is 7.22. The second-order valence-corrected chi connectivity index (χ2v) is 6.45. The molecule has 0 spiro atoms. The normalized spacial score (nSPS) is 15.4. The van der Waals surface area contributed by atoms with E-state index in [1.54, 1.807) is 0 Å². The third-order valence-corrected chi connectivity index (χ3v) is 4.61. The van der Waals surface area contributed by atoms with E-state index in [-0.39, 0.29) is 0 Å². The van der Waals surface area contributed by atoms with Gasteiger partial charge in [-0.2, -0.15) is 0 Å². The van der Waals surface area contributed by atoms with Crippen molar-refractivity contribution in [3.8, 4) is 0 Å². The summed E-state index contributed by atoms with van der Waals surface area (Å²) in [6.07, 6.45) is 3.02. The second kappa shape index (κ2) is 6.47. The summed E-state index contributed by atoms with van der Waals surface area (Å²) < 4.78 is 2.14. The summed E-state index contributed by atoms with van der Waals surface area (Å²) in [5, 5.41) is 11.6. The van der Waals surface area contributed by atoms with Crippen LogP contribution in [0.4, 0.5) is 0 Å². The number of fused-ring (bicyclic) bond motifs is 1. The molecule has 1 aliphatic rings. The molecule has 0 aromatic carbocycles. The first kappa shape index (κ1) is 13.7. The SMILES string of the molecule is CCCNCc1ccc(CN2CCn3cnnc3C2)s1. The molecule has 0 radical (unpaired) electrons. The van der Waals surface area contributed by atoms with Crippen molar-refractivity contribution in [1.29, 1.82) is 0 Å². The predicted molar refractivity (Wildman–Crippen MR) is 80.5 cm³/mol. The summed E-state index contributed by atoms with van der Waals surface area (Å²) in [6.45, 7) is 8.28.